The summed E-state index contributed by atoms with van der Waals surface area (Å²) in [6.07, 6.45) is 3.15. The molecule has 0 amide bonds. The van der Waals surface area contributed by atoms with Gasteiger partial charge < -0.3 is 0 Å². The molecule has 0 spiro atoms. The van der Waals surface area contributed by atoms with Crippen LogP contribution in [0.2, 0.25) is 0 Å². The molecule has 1 heterocycles. The SMILES string of the molecule is Cc1cnc(CNS(=O)(=O)c2cc(Br)c(C)cc2Br)cn1. The third-order valence-corrected chi connectivity index (χ3v) is 5.99. The zero-order valence-corrected chi connectivity index (χ0v) is 15.4. The van der Waals surface area contributed by atoms with E-state index in [9.17, 15) is 8.42 Å². The van der Waals surface area contributed by atoms with Crippen LogP contribution in [-0.4, -0.2) is 18.4 Å². The second kappa shape index (κ2) is 6.51. The van der Waals surface area contributed by atoms with Crippen LogP contribution in [0.15, 0.2) is 38.4 Å². The first-order valence-corrected chi connectivity index (χ1v) is 9.09. The van der Waals surface area contributed by atoms with Crippen LogP contribution < -0.4 is 4.72 Å². The molecular weight excluding hydrogens is 422 g/mol. The lowest BCUT2D eigenvalue weighted by atomic mass is 10.2. The van der Waals surface area contributed by atoms with Gasteiger partial charge in [-0.25, -0.2) is 13.1 Å². The molecule has 0 saturated carbocycles. The third kappa shape index (κ3) is 4.09. The van der Waals surface area contributed by atoms with Crippen LogP contribution in [-0.2, 0) is 16.6 Å². The summed E-state index contributed by atoms with van der Waals surface area (Å²) in [5, 5.41) is 0. The minimum Gasteiger partial charge on any atom is -0.258 e. The third-order valence-electron chi connectivity index (χ3n) is 2.78. The molecule has 0 radical (unpaired) electrons. The van der Waals surface area contributed by atoms with Crippen molar-refractivity contribution < 1.29 is 8.42 Å². The van der Waals surface area contributed by atoms with Gasteiger partial charge in [0.15, 0.2) is 0 Å². The maximum atomic E-state index is 12.3. The Hall–Kier alpha value is -0.830. The number of sulfonamides is 1. The molecule has 1 N–H and O–H groups in total. The molecule has 0 atom stereocenters. The van der Waals surface area contributed by atoms with Gasteiger partial charge in [-0.05, 0) is 47.5 Å². The summed E-state index contributed by atoms with van der Waals surface area (Å²) in [6.45, 7) is 3.80. The van der Waals surface area contributed by atoms with Crippen molar-refractivity contribution in [2.24, 2.45) is 0 Å². The molecule has 2 aromatic rings. The molecule has 1 aromatic heterocycles. The van der Waals surface area contributed by atoms with Gasteiger partial charge in [0.1, 0.15) is 0 Å². The Labute approximate surface area is 140 Å². The highest BCUT2D eigenvalue weighted by Gasteiger charge is 2.19. The first-order valence-electron chi connectivity index (χ1n) is 6.02. The van der Waals surface area contributed by atoms with Crippen LogP contribution in [0.4, 0.5) is 0 Å². The van der Waals surface area contributed by atoms with Crippen LogP contribution in [0.5, 0.6) is 0 Å². The van der Waals surface area contributed by atoms with Crippen LogP contribution in [0.3, 0.4) is 0 Å². The van der Waals surface area contributed by atoms with Crippen LogP contribution in [0.1, 0.15) is 17.0 Å². The number of hydrogen-bond acceptors (Lipinski definition) is 4. The van der Waals surface area contributed by atoms with Crippen LogP contribution in [0, 0.1) is 13.8 Å². The molecular formula is C13H13Br2N3O2S. The standard InChI is InChI=1S/C13H13Br2N3O2S/c1-8-3-12(15)13(4-11(8)14)21(19,20)18-7-10-6-16-9(2)5-17-10/h3-6,18H,7H2,1-2H3. The molecule has 21 heavy (non-hydrogen) atoms. The zero-order valence-electron chi connectivity index (χ0n) is 11.4. The van der Waals surface area contributed by atoms with Crippen molar-refractivity contribution in [1.29, 1.82) is 0 Å². The van der Waals surface area contributed by atoms with E-state index >= 15 is 0 Å². The Morgan fingerprint density at radius 2 is 1.81 bits per heavy atom. The van der Waals surface area contributed by atoms with Gasteiger partial charge in [-0.3, -0.25) is 9.97 Å². The predicted octanol–water partition coefficient (Wildman–Crippen LogP) is 3.10. The molecule has 112 valence electrons. The molecule has 0 aliphatic carbocycles. The van der Waals surface area contributed by atoms with E-state index < -0.39 is 10.0 Å². The number of rotatable bonds is 4. The highest BCUT2D eigenvalue weighted by Crippen LogP contribution is 2.28. The molecule has 0 bridgehead atoms. The van der Waals surface area contributed by atoms with E-state index in [2.05, 4.69) is 46.5 Å². The first-order chi connectivity index (χ1) is 9.79. The number of aromatic nitrogens is 2. The Balaban J connectivity index is 2.22. The predicted molar refractivity (Wildman–Crippen MR) is 87.4 cm³/mol. The summed E-state index contributed by atoms with van der Waals surface area (Å²) in [7, 11) is -3.63. The van der Waals surface area contributed by atoms with Crippen LogP contribution in [0.25, 0.3) is 0 Å². The van der Waals surface area contributed by atoms with Crippen molar-refractivity contribution >= 4 is 41.9 Å². The topological polar surface area (TPSA) is 72.0 Å². The molecule has 2 rings (SSSR count). The van der Waals surface area contributed by atoms with Gasteiger partial charge in [-0.1, -0.05) is 15.9 Å². The largest absolute Gasteiger partial charge is 0.258 e. The fourth-order valence-electron chi connectivity index (χ4n) is 1.59. The number of benzene rings is 1. The lowest BCUT2D eigenvalue weighted by molar-refractivity contribution is 0.579. The van der Waals surface area contributed by atoms with E-state index in [-0.39, 0.29) is 11.4 Å². The van der Waals surface area contributed by atoms with Crippen LogP contribution >= 0.6 is 31.9 Å². The average Bonchev–Trinajstić information content (AvgIpc) is 2.42. The van der Waals surface area contributed by atoms with Crippen molar-refractivity contribution in [1.82, 2.24) is 14.7 Å². The van der Waals surface area contributed by atoms with Gasteiger partial charge >= 0.3 is 0 Å². The van der Waals surface area contributed by atoms with E-state index in [1.165, 1.54) is 0 Å². The summed E-state index contributed by atoms with van der Waals surface area (Å²) >= 11 is 6.63. The van der Waals surface area contributed by atoms with Crippen molar-refractivity contribution in [3.05, 3.63) is 50.4 Å². The smallest absolute Gasteiger partial charge is 0.242 e. The van der Waals surface area contributed by atoms with E-state index in [1.807, 2.05) is 13.8 Å². The molecule has 0 unspecified atom stereocenters. The Morgan fingerprint density at radius 3 is 2.43 bits per heavy atom. The summed E-state index contributed by atoms with van der Waals surface area (Å²) in [5.74, 6) is 0. The van der Waals surface area contributed by atoms with E-state index in [0.717, 1.165) is 15.7 Å². The highest BCUT2D eigenvalue weighted by atomic mass is 79.9. The van der Waals surface area contributed by atoms with Crippen molar-refractivity contribution in [2.45, 2.75) is 25.3 Å². The number of hydrogen-bond donors (Lipinski definition) is 1. The molecule has 0 fully saturated rings. The lowest BCUT2D eigenvalue weighted by Crippen LogP contribution is -2.24. The summed E-state index contributed by atoms with van der Waals surface area (Å²) in [6, 6.07) is 3.33. The van der Waals surface area contributed by atoms with Gasteiger partial charge in [-0.15, -0.1) is 0 Å². The molecule has 8 heteroatoms. The molecule has 5 nitrogen and oxygen atoms in total. The number of nitrogens with one attached hydrogen (secondary N) is 1. The number of nitrogens with zero attached hydrogens (tertiary/aromatic N) is 2. The molecule has 0 saturated heterocycles. The van der Waals surface area contributed by atoms with Crippen molar-refractivity contribution in [3.8, 4) is 0 Å². The van der Waals surface area contributed by atoms with E-state index in [1.54, 1.807) is 24.5 Å². The zero-order chi connectivity index (χ0) is 15.6. The van der Waals surface area contributed by atoms with Gasteiger partial charge in [0.2, 0.25) is 10.0 Å². The highest BCUT2D eigenvalue weighted by molar-refractivity contribution is 9.11. The summed E-state index contributed by atoms with van der Waals surface area (Å²) in [4.78, 5) is 8.38. The van der Waals surface area contributed by atoms with E-state index in [4.69, 9.17) is 0 Å². The quantitative estimate of drug-likeness (QED) is 0.802. The number of aryl methyl sites for hydroxylation is 2. The maximum Gasteiger partial charge on any atom is 0.242 e. The van der Waals surface area contributed by atoms with Gasteiger partial charge in [-0.2, -0.15) is 0 Å². The minimum atomic E-state index is -3.63. The Kier molecular flexibility index (Phi) is 5.13. The van der Waals surface area contributed by atoms with Gasteiger partial charge in [0, 0.05) is 15.1 Å². The summed E-state index contributed by atoms with van der Waals surface area (Å²) < 4.78 is 28.5. The number of halogens is 2. The molecule has 0 aliphatic heterocycles. The second-order valence-corrected chi connectivity index (χ2v) is 7.95. The Morgan fingerprint density at radius 1 is 1.10 bits per heavy atom. The van der Waals surface area contributed by atoms with Crippen molar-refractivity contribution in [2.75, 3.05) is 0 Å². The lowest BCUT2D eigenvalue weighted by Gasteiger charge is -2.10. The monoisotopic (exact) mass is 433 g/mol. The Bertz CT molecular complexity index is 762. The maximum absolute atomic E-state index is 12.3. The van der Waals surface area contributed by atoms with Gasteiger partial charge in [0.25, 0.3) is 0 Å². The fourth-order valence-corrected chi connectivity index (χ4v) is 4.27. The fraction of sp³-hybridized carbons (Fsp3) is 0.231. The molecule has 0 aliphatic rings. The van der Waals surface area contributed by atoms with Crippen molar-refractivity contribution in [3.63, 3.8) is 0 Å². The average molecular weight is 435 g/mol. The summed E-state index contributed by atoms with van der Waals surface area (Å²) in [5.41, 5.74) is 2.29. The second-order valence-electron chi connectivity index (χ2n) is 4.51. The minimum absolute atomic E-state index is 0.0908. The first kappa shape index (κ1) is 16.5. The normalized spacial score (nSPS) is 11.6. The molecule has 1 aromatic carbocycles. The van der Waals surface area contributed by atoms with E-state index in [0.29, 0.717) is 10.2 Å². The van der Waals surface area contributed by atoms with Gasteiger partial charge in [0.05, 0.1) is 29.0 Å².